The number of esters is 1. The van der Waals surface area contributed by atoms with Crippen LogP contribution < -0.4 is 5.32 Å². The second-order valence-corrected chi connectivity index (χ2v) is 4.30. The molecule has 0 aliphatic carbocycles. The molecular formula is C12H12FNO2. The summed E-state index contributed by atoms with van der Waals surface area (Å²) < 4.78 is 19.0. The first-order chi connectivity index (χ1) is 7.73. The summed E-state index contributed by atoms with van der Waals surface area (Å²) in [7, 11) is 0. The Labute approximate surface area is 92.6 Å². The van der Waals surface area contributed by atoms with E-state index in [-0.39, 0.29) is 5.56 Å². The van der Waals surface area contributed by atoms with Crippen LogP contribution in [-0.4, -0.2) is 19.1 Å². The van der Waals surface area contributed by atoms with E-state index in [1.54, 1.807) is 12.1 Å². The number of nitrogens with one attached hydrogen (secondary N) is 1. The van der Waals surface area contributed by atoms with Crippen LogP contribution in [0, 0.1) is 5.82 Å². The lowest BCUT2D eigenvalue weighted by Crippen LogP contribution is -2.39. The summed E-state index contributed by atoms with van der Waals surface area (Å²) in [5, 5.41) is 3.21. The van der Waals surface area contributed by atoms with Crippen molar-refractivity contribution in [3.63, 3.8) is 0 Å². The van der Waals surface area contributed by atoms with Gasteiger partial charge in [-0.2, -0.15) is 0 Å². The zero-order chi connectivity index (χ0) is 11.2. The lowest BCUT2D eigenvalue weighted by Gasteiger charge is -2.33. The molecule has 0 atom stereocenters. The fourth-order valence-corrected chi connectivity index (χ4v) is 2.60. The van der Waals surface area contributed by atoms with E-state index >= 15 is 0 Å². The van der Waals surface area contributed by atoms with Crippen LogP contribution in [0.15, 0.2) is 18.2 Å². The van der Waals surface area contributed by atoms with Gasteiger partial charge < -0.3 is 10.1 Å². The molecule has 0 aromatic heterocycles. The van der Waals surface area contributed by atoms with Crippen molar-refractivity contribution < 1.29 is 13.9 Å². The SMILES string of the molecule is O=C1OC2(CCNCC2)c2cccc(F)c21. The minimum atomic E-state index is -0.584. The molecule has 4 heteroatoms. The Balaban J connectivity index is 2.14. The van der Waals surface area contributed by atoms with E-state index in [2.05, 4.69) is 5.32 Å². The number of ether oxygens (including phenoxy) is 1. The van der Waals surface area contributed by atoms with Gasteiger partial charge in [0.25, 0.3) is 0 Å². The van der Waals surface area contributed by atoms with Gasteiger partial charge in [0.1, 0.15) is 17.0 Å². The van der Waals surface area contributed by atoms with Gasteiger partial charge in [-0.3, -0.25) is 0 Å². The molecule has 0 radical (unpaired) electrons. The van der Waals surface area contributed by atoms with Gasteiger partial charge >= 0.3 is 5.97 Å². The molecule has 1 aromatic rings. The summed E-state index contributed by atoms with van der Waals surface area (Å²) in [6.07, 6.45) is 1.43. The van der Waals surface area contributed by atoms with Crippen molar-refractivity contribution in [1.82, 2.24) is 5.32 Å². The summed E-state index contributed by atoms with van der Waals surface area (Å²) in [4.78, 5) is 11.7. The number of fused-ring (bicyclic) bond motifs is 2. The molecule has 1 N–H and O–H groups in total. The molecule has 0 amide bonds. The van der Waals surface area contributed by atoms with Crippen LogP contribution >= 0.6 is 0 Å². The molecule has 1 spiro atoms. The lowest BCUT2D eigenvalue weighted by molar-refractivity contribution is -0.0242. The Morgan fingerprint density at radius 3 is 2.81 bits per heavy atom. The highest BCUT2D eigenvalue weighted by Crippen LogP contribution is 2.43. The number of rotatable bonds is 0. The topological polar surface area (TPSA) is 38.3 Å². The summed E-state index contributed by atoms with van der Waals surface area (Å²) >= 11 is 0. The Morgan fingerprint density at radius 1 is 1.31 bits per heavy atom. The molecule has 0 unspecified atom stereocenters. The second kappa shape index (κ2) is 3.28. The predicted molar refractivity (Wildman–Crippen MR) is 55.6 cm³/mol. The van der Waals surface area contributed by atoms with Gasteiger partial charge in [0.2, 0.25) is 0 Å². The maximum Gasteiger partial charge on any atom is 0.342 e. The third-order valence-corrected chi connectivity index (χ3v) is 3.41. The van der Waals surface area contributed by atoms with Gasteiger partial charge in [-0.05, 0) is 19.2 Å². The van der Waals surface area contributed by atoms with Crippen LogP contribution in [0.4, 0.5) is 4.39 Å². The fourth-order valence-electron chi connectivity index (χ4n) is 2.60. The van der Waals surface area contributed by atoms with Crippen molar-refractivity contribution in [2.24, 2.45) is 0 Å². The van der Waals surface area contributed by atoms with E-state index in [0.717, 1.165) is 31.5 Å². The lowest BCUT2D eigenvalue weighted by atomic mass is 9.84. The minimum Gasteiger partial charge on any atom is -0.450 e. The zero-order valence-electron chi connectivity index (χ0n) is 8.75. The van der Waals surface area contributed by atoms with Crippen molar-refractivity contribution >= 4 is 5.97 Å². The Bertz CT molecular complexity index is 452. The van der Waals surface area contributed by atoms with Crippen molar-refractivity contribution in [2.75, 3.05) is 13.1 Å². The van der Waals surface area contributed by atoms with Crippen LogP contribution in [0.25, 0.3) is 0 Å². The van der Waals surface area contributed by atoms with Gasteiger partial charge in [0.05, 0.1) is 0 Å². The molecule has 3 nitrogen and oxygen atoms in total. The number of carbonyl (C=O) groups is 1. The van der Waals surface area contributed by atoms with E-state index in [4.69, 9.17) is 4.74 Å². The average Bonchev–Trinajstić information content (AvgIpc) is 2.55. The molecule has 1 saturated heterocycles. The Morgan fingerprint density at radius 2 is 2.06 bits per heavy atom. The average molecular weight is 221 g/mol. The number of piperidine rings is 1. The third-order valence-electron chi connectivity index (χ3n) is 3.41. The Hall–Kier alpha value is -1.42. The number of hydrogen-bond acceptors (Lipinski definition) is 3. The highest BCUT2D eigenvalue weighted by Gasteiger charge is 2.47. The highest BCUT2D eigenvalue weighted by atomic mass is 19.1. The molecule has 0 saturated carbocycles. The quantitative estimate of drug-likeness (QED) is 0.676. The van der Waals surface area contributed by atoms with Crippen LogP contribution in [0.5, 0.6) is 0 Å². The van der Waals surface area contributed by atoms with E-state index in [1.165, 1.54) is 6.07 Å². The monoisotopic (exact) mass is 221 g/mol. The normalized spacial score (nSPS) is 21.9. The maximum atomic E-state index is 13.6. The standard InChI is InChI=1S/C12H12FNO2/c13-9-3-1-2-8-10(9)11(15)16-12(8)4-6-14-7-5-12/h1-3,14H,4-7H2. The van der Waals surface area contributed by atoms with E-state index < -0.39 is 17.4 Å². The van der Waals surface area contributed by atoms with E-state index in [1.807, 2.05) is 0 Å². The molecule has 16 heavy (non-hydrogen) atoms. The van der Waals surface area contributed by atoms with Gasteiger partial charge in [0.15, 0.2) is 0 Å². The summed E-state index contributed by atoms with van der Waals surface area (Å²) in [5.74, 6) is -0.993. The number of benzene rings is 1. The first-order valence-corrected chi connectivity index (χ1v) is 5.46. The highest BCUT2D eigenvalue weighted by molar-refractivity contribution is 5.95. The molecule has 2 heterocycles. The van der Waals surface area contributed by atoms with Crippen LogP contribution in [-0.2, 0) is 10.3 Å². The molecule has 0 bridgehead atoms. The van der Waals surface area contributed by atoms with Gasteiger partial charge in [-0.25, -0.2) is 9.18 Å². The maximum absolute atomic E-state index is 13.6. The minimum absolute atomic E-state index is 0.129. The summed E-state index contributed by atoms with van der Waals surface area (Å²) in [6, 6.07) is 4.74. The van der Waals surface area contributed by atoms with Crippen molar-refractivity contribution in [2.45, 2.75) is 18.4 Å². The van der Waals surface area contributed by atoms with E-state index in [9.17, 15) is 9.18 Å². The smallest absolute Gasteiger partial charge is 0.342 e. The molecule has 2 aliphatic heterocycles. The van der Waals surface area contributed by atoms with Crippen LogP contribution in [0.2, 0.25) is 0 Å². The molecule has 3 rings (SSSR count). The second-order valence-electron chi connectivity index (χ2n) is 4.30. The molecule has 1 fully saturated rings. The first-order valence-electron chi connectivity index (χ1n) is 5.46. The number of halogens is 1. The zero-order valence-corrected chi connectivity index (χ0v) is 8.75. The molecule has 2 aliphatic rings. The summed E-state index contributed by atoms with van der Waals surface area (Å²) in [6.45, 7) is 1.59. The molecular weight excluding hydrogens is 209 g/mol. The molecule has 84 valence electrons. The number of hydrogen-bond donors (Lipinski definition) is 1. The predicted octanol–water partition coefficient (Wildman–Crippen LogP) is 1.57. The van der Waals surface area contributed by atoms with Crippen molar-refractivity contribution in [3.8, 4) is 0 Å². The fraction of sp³-hybridized carbons (Fsp3) is 0.417. The first kappa shape index (κ1) is 9.78. The van der Waals surface area contributed by atoms with Gasteiger partial charge in [-0.1, -0.05) is 12.1 Å². The van der Waals surface area contributed by atoms with Gasteiger partial charge in [0, 0.05) is 18.4 Å². The third kappa shape index (κ3) is 1.19. The molecule has 1 aromatic carbocycles. The van der Waals surface area contributed by atoms with Crippen molar-refractivity contribution in [3.05, 3.63) is 35.1 Å². The summed E-state index contributed by atoms with van der Waals surface area (Å²) in [5.41, 5.74) is 0.267. The van der Waals surface area contributed by atoms with Crippen LogP contribution in [0.3, 0.4) is 0 Å². The van der Waals surface area contributed by atoms with Crippen molar-refractivity contribution in [1.29, 1.82) is 0 Å². The van der Waals surface area contributed by atoms with E-state index in [0.29, 0.717) is 0 Å². The van der Waals surface area contributed by atoms with Crippen LogP contribution in [0.1, 0.15) is 28.8 Å². The Kier molecular flexibility index (Phi) is 2.01. The van der Waals surface area contributed by atoms with Gasteiger partial charge in [-0.15, -0.1) is 0 Å². The number of carbonyl (C=O) groups excluding carboxylic acids is 1. The largest absolute Gasteiger partial charge is 0.450 e.